The second kappa shape index (κ2) is 21.2. The predicted molar refractivity (Wildman–Crippen MR) is 181 cm³/mol. The third-order valence-electron chi connectivity index (χ3n) is 6.79. The fraction of sp³-hybridized carbons (Fsp3) is 0.500. The first-order chi connectivity index (χ1) is 22.5. The van der Waals surface area contributed by atoms with Crippen LogP contribution in [0.2, 0.25) is 0 Å². The predicted octanol–water partition coefficient (Wildman–Crippen LogP) is -0.0882. The number of aliphatic carboxylic acids is 2. The average Bonchev–Trinajstić information content (AvgIpc) is 3.04. The first-order valence-corrected chi connectivity index (χ1v) is 15.5. The number of aromatic nitrogens is 4. The summed E-state index contributed by atoms with van der Waals surface area (Å²) in [5.74, 6) is -2.91. The number of carbonyl (C=O) groups is 3. The number of carboxylic acids is 2. The van der Waals surface area contributed by atoms with Gasteiger partial charge in [-0.15, -0.1) is 0 Å². The lowest BCUT2D eigenvalue weighted by Crippen LogP contribution is -2.41. The number of carboxylic acid groups (broad SMARTS) is 2. The summed E-state index contributed by atoms with van der Waals surface area (Å²) in [6.45, 7) is 6.27. The summed E-state index contributed by atoms with van der Waals surface area (Å²) in [7, 11) is 1.82. The molecule has 0 saturated heterocycles. The maximum Gasteiger partial charge on any atom is 0.326 e. The van der Waals surface area contributed by atoms with Gasteiger partial charge in [0.25, 0.3) is 5.91 Å². The lowest BCUT2D eigenvalue weighted by molar-refractivity contribution is -0.140. The summed E-state index contributed by atoms with van der Waals surface area (Å²) in [6.07, 6.45) is 5.59. The summed E-state index contributed by atoms with van der Waals surface area (Å²) in [5, 5.41) is 27.0. The van der Waals surface area contributed by atoms with Crippen molar-refractivity contribution in [1.82, 2.24) is 35.9 Å². The fourth-order valence-corrected chi connectivity index (χ4v) is 4.23. The van der Waals surface area contributed by atoms with E-state index in [2.05, 4.69) is 35.9 Å². The van der Waals surface area contributed by atoms with E-state index in [1.165, 1.54) is 25.0 Å². The molecule has 0 aliphatic heterocycles. The molecule has 47 heavy (non-hydrogen) atoms. The quantitative estimate of drug-likeness (QED) is 0.0718. The van der Waals surface area contributed by atoms with E-state index in [1.807, 2.05) is 11.9 Å². The molecule has 2 aromatic heterocycles. The van der Waals surface area contributed by atoms with E-state index >= 15 is 0 Å². The van der Waals surface area contributed by atoms with Crippen molar-refractivity contribution in [3.8, 4) is 0 Å². The molecule has 2 heterocycles. The van der Waals surface area contributed by atoms with Gasteiger partial charge in [-0.2, -0.15) is 9.97 Å². The molecule has 1 atom stereocenters. The van der Waals surface area contributed by atoms with Gasteiger partial charge in [0.05, 0.1) is 18.4 Å². The van der Waals surface area contributed by atoms with Gasteiger partial charge in [-0.05, 0) is 95.6 Å². The van der Waals surface area contributed by atoms with Crippen molar-refractivity contribution >= 4 is 46.5 Å². The van der Waals surface area contributed by atoms with Crippen LogP contribution in [0.15, 0.2) is 30.5 Å². The van der Waals surface area contributed by atoms with E-state index in [0.717, 1.165) is 57.8 Å². The number of nitrogens with two attached hydrogens (primary N) is 4. The summed E-state index contributed by atoms with van der Waals surface area (Å²) in [5.41, 5.74) is 24.4. The third kappa shape index (κ3) is 14.5. The van der Waals surface area contributed by atoms with Crippen molar-refractivity contribution in [2.45, 2.75) is 51.1 Å². The van der Waals surface area contributed by atoms with Crippen molar-refractivity contribution in [3.05, 3.63) is 41.7 Å². The number of fused-ring (bicyclic) bond motifs is 1. The van der Waals surface area contributed by atoms with Gasteiger partial charge >= 0.3 is 11.9 Å². The Labute approximate surface area is 273 Å². The second-order valence-corrected chi connectivity index (χ2v) is 10.7. The number of hydrogen-bond donors (Lipinski definition) is 9. The number of benzene rings is 1. The normalized spacial score (nSPS) is 11.4. The van der Waals surface area contributed by atoms with Gasteiger partial charge in [-0.3, -0.25) is 9.59 Å². The minimum Gasteiger partial charge on any atom is -0.481 e. The van der Waals surface area contributed by atoms with E-state index in [-0.39, 0.29) is 30.2 Å². The van der Waals surface area contributed by atoms with Crippen LogP contribution in [-0.4, -0.2) is 100 Å². The van der Waals surface area contributed by atoms with Crippen LogP contribution in [-0.2, 0) is 16.1 Å². The Hall–Kier alpha value is -4.71. The molecule has 13 N–H and O–H groups in total. The smallest absolute Gasteiger partial charge is 0.326 e. The highest BCUT2D eigenvalue weighted by atomic mass is 16.4. The van der Waals surface area contributed by atoms with Gasteiger partial charge in [-0.1, -0.05) is 0 Å². The molecule has 3 rings (SSSR count). The number of nitrogen functional groups attached to an aromatic ring is 2. The maximum atomic E-state index is 12.4. The van der Waals surface area contributed by atoms with Crippen molar-refractivity contribution in [2.75, 3.05) is 62.7 Å². The van der Waals surface area contributed by atoms with E-state index < -0.39 is 23.9 Å². The molecule has 0 unspecified atom stereocenters. The Kier molecular flexibility index (Phi) is 17.3. The van der Waals surface area contributed by atoms with Crippen molar-refractivity contribution in [2.24, 2.45) is 11.5 Å². The van der Waals surface area contributed by atoms with Gasteiger partial charge in [0.2, 0.25) is 5.95 Å². The highest BCUT2D eigenvalue weighted by molar-refractivity contribution is 5.97. The van der Waals surface area contributed by atoms with E-state index in [4.69, 9.17) is 28.0 Å². The summed E-state index contributed by atoms with van der Waals surface area (Å²) in [4.78, 5) is 52.7. The number of nitrogens with one attached hydrogen (secondary N) is 3. The first-order valence-electron chi connectivity index (χ1n) is 15.5. The number of carbonyl (C=O) groups excluding carboxylic acids is 1. The van der Waals surface area contributed by atoms with E-state index in [1.54, 1.807) is 18.3 Å². The second-order valence-electron chi connectivity index (χ2n) is 10.7. The minimum atomic E-state index is -1.30. The molecule has 17 heteroatoms. The maximum absolute atomic E-state index is 12.4. The van der Waals surface area contributed by atoms with Gasteiger partial charge in [0.15, 0.2) is 17.0 Å². The molecule has 3 aromatic rings. The summed E-state index contributed by atoms with van der Waals surface area (Å²) < 4.78 is 0. The zero-order chi connectivity index (χ0) is 34.6. The SMILES string of the molecule is CN(Cc1cnc2nc(N)nc(N)c2n1)c1ccc(C(=O)N[C@@H](CCC(=O)O)C(=O)O)cc1.NCCCNCCCCNCCCN. The third-order valence-corrected chi connectivity index (χ3v) is 6.79. The van der Waals surface area contributed by atoms with Crippen LogP contribution in [0.1, 0.15) is 54.6 Å². The van der Waals surface area contributed by atoms with Crippen LogP contribution in [0.25, 0.3) is 11.2 Å². The molecule has 0 aliphatic rings. The molecule has 1 amide bonds. The Morgan fingerprint density at radius 3 is 2.02 bits per heavy atom. The summed E-state index contributed by atoms with van der Waals surface area (Å²) >= 11 is 0. The van der Waals surface area contributed by atoms with Crippen molar-refractivity contribution in [3.63, 3.8) is 0 Å². The largest absolute Gasteiger partial charge is 0.481 e. The molecule has 0 bridgehead atoms. The lowest BCUT2D eigenvalue weighted by Gasteiger charge is -2.19. The number of nitrogens with zero attached hydrogens (tertiary/aromatic N) is 5. The van der Waals surface area contributed by atoms with Gasteiger partial charge < -0.3 is 54.0 Å². The Morgan fingerprint density at radius 1 is 0.872 bits per heavy atom. The number of rotatable bonds is 20. The molecular formula is C30H48N12O5. The zero-order valence-electron chi connectivity index (χ0n) is 26.8. The van der Waals surface area contributed by atoms with Crippen LogP contribution in [0.5, 0.6) is 0 Å². The van der Waals surface area contributed by atoms with Gasteiger partial charge in [-0.25, -0.2) is 14.8 Å². The molecule has 17 nitrogen and oxygen atoms in total. The van der Waals surface area contributed by atoms with Crippen LogP contribution < -0.4 is 43.8 Å². The number of hydrogen-bond acceptors (Lipinski definition) is 14. The number of unbranched alkanes of at least 4 members (excludes halogenated alkanes) is 1. The van der Waals surface area contributed by atoms with Gasteiger partial charge in [0.1, 0.15) is 6.04 Å². The molecule has 0 aliphatic carbocycles. The molecule has 0 radical (unpaired) electrons. The van der Waals surface area contributed by atoms with E-state index in [0.29, 0.717) is 23.4 Å². The number of anilines is 3. The highest BCUT2D eigenvalue weighted by Gasteiger charge is 2.21. The number of amides is 1. The average molecular weight is 657 g/mol. The molecule has 0 fully saturated rings. The van der Waals surface area contributed by atoms with E-state index in [9.17, 15) is 19.5 Å². The molecule has 0 spiro atoms. The zero-order valence-corrected chi connectivity index (χ0v) is 26.8. The Balaban J connectivity index is 0.000000463. The fourth-order valence-electron chi connectivity index (χ4n) is 4.23. The minimum absolute atomic E-state index is 0.0138. The molecule has 1 aromatic carbocycles. The van der Waals surface area contributed by atoms with Crippen LogP contribution in [0, 0.1) is 0 Å². The Bertz CT molecular complexity index is 1400. The highest BCUT2D eigenvalue weighted by Crippen LogP contribution is 2.19. The van der Waals surface area contributed by atoms with Crippen LogP contribution >= 0.6 is 0 Å². The van der Waals surface area contributed by atoms with Crippen molar-refractivity contribution < 1.29 is 24.6 Å². The van der Waals surface area contributed by atoms with Gasteiger partial charge in [0, 0.05) is 24.7 Å². The van der Waals surface area contributed by atoms with Crippen LogP contribution in [0.3, 0.4) is 0 Å². The molecular weight excluding hydrogens is 608 g/mol. The monoisotopic (exact) mass is 656 g/mol. The molecule has 258 valence electrons. The van der Waals surface area contributed by atoms with Crippen LogP contribution in [0.4, 0.5) is 17.5 Å². The topological polar surface area (TPSA) is 287 Å². The standard InChI is InChI=1S/C20H22N8O5.C10H26N4/c1-28(9-11-8-23-17-15(24-11)16(21)26-20(22)27-17)12-4-2-10(3-5-12)18(31)25-13(19(32)33)6-7-14(29)30;11-5-3-9-13-7-1-2-8-14-10-4-6-12/h2-5,8,13H,6-7,9H2,1H3,(H,25,31)(H,29,30)(H,32,33)(H4,21,22,23,26,27);13-14H,1-12H2/t13-;/m0./s1. The molecule has 0 saturated carbocycles. The van der Waals surface area contributed by atoms with Crippen molar-refractivity contribution in [1.29, 1.82) is 0 Å². The lowest BCUT2D eigenvalue weighted by atomic mass is 10.1. The first kappa shape index (κ1) is 38.5. The summed E-state index contributed by atoms with van der Waals surface area (Å²) in [6, 6.07) is 5.16. The Morgan fingerprint density at radius 2 is 1.47 bits per heavy atom.